The Labute approximate surface area is 148 Å². The zero-order valence-electron chi connectivity index (χ0n) is 13.5. The van der Waals surface area contributed by atoms with Crippen molar-refractivity contribution >= 4 is 40.3 Å². The van der Waals surface area contributed by atoms with Gasteiger partial charge in [-0.05, 0) is 48.6 Å². The first kappa shape index (κ1) is 18.7. The van der Waals surface area contributed by atoms with Crippen molar-refractivity contribution in [1.82, 2.24) is 0 Å². The quantitative estimate of drug-likeness (QED) is 0.784. The lowest BCUT2D eigenvalue weighted by atomic mass is 10.1. The largest absolute Gasteiger partial charge is 0.418 e. The molecule has 2 rings (SSSR count). The van der Waals surface area contributed by atoms with Crippen molar-refractivity contribution in [3.8, 4) is 0 Å². The lowest BCUT2D eigenvalue weighted by Gasteiger charge is -2.17. The summed E-state index contributed by atoms with van der Waals surface area (Å²) in [5.41, 5.74) is 0.361. The minimum atomic E-state index is -4.47. The van der Waals surface area contributed by atoms with E-state index in [1.54, 1.807) is 31.3 Å². The highest BCUT2D eigenvalue weighted by atomic mass is 32.1. The van der Waals surface area contributed by atoms with Gasteiger partial charge < -0.3 is 15.5 Å². The highest BCUT2D eigenvalue weighted by Gasteiger charge is 2.33. The summed E-state index contributed by atoms with van der Waals surface area (Å²) in [7, 11) is 1.64. The van der Waals surface area contributed by atoms with E-state index in [0.717, 1.165) is 6.07 Å². The highest BCUT2D eigenvalue weighted by Crippen LogP contribution is 2.34. The molecule has 2 aromatic carbocycles. The van der Waals surface area contributed by atoms with E-state index >= 15 is 0 Å². The zero-order chi connectivity index (χ0) is 18.6. The molecule has 1 amide bonds. The Morgan fingerprint density at radius 3 is 2.20 bits per heavy atom. The summed E-state index contributed by atoms with van der Waals surface area (Å²) >= 11 is 5.07. The molecule has 8 heteroatoms. The fourth-order valence-corrected chi connectivity index (χ4v) is 2.30. The summed E-state index contributed by atoms with van der Waals surface area (Å²) in [5, 5.41) is 5.40. The third-order valence-electron chi connectivity index (χ3n) is 3.47. The molecule has 0 aliphatic heterocycles. The molecular weight excluding hydrogens is 351 g/mol. The Balaban J connectivity index is 2.08. The number of nitrogens with zero attached hydrogens (tertiary/aromatic N) is 1. The molecular formula is C17H16F3N3OS. The fourth-order valence-electron chi connectivity index (χ4n) is 2.07. The molecule has 0 saturated heterocycles. The predicted octanol–water partition coefficient (Wildman–Crippen LogP) is 4.50. The van der Waals surface area contributed by atoms with Crippen molar-refractivity contribution < 1.29 is 18.0 Å². The molecule has 0 unspecified atom stereocenters. The van der Waals surface area contributed by atoms with E-state index in [9.17, 15) is 18.0 Å². The van der Waals surface area contributed by atoms with Gasteiger partial charge in [0.1, 0.15) is 0 Å². The SMILES string of the molecule is CC(=O)N(C)c1ccc(NC(=S)Nc2ccccc2C(F)(F)F)cc1. The van der Waals surface area contributed by atoms with Crippen LogP contribution in [-0.4, -0.2) is 18.1 Å². The van der Waals surface area contributed by atoms with Gasteiger partial charge in [-0.25, -0.2) is 0 Å². The molecule has 4 nitrogen and oxygen atoms in total. The molecule has 0 radical (unpaired) electrons. The van der Waals surface area contributed by atoms with Crippen molar-refractivity contribution in [2.24, 2.45) is 0 Å². The Bertz CT molecular complexity index is 775. The van der Waals surface area contributed by atoms with Crippen LogP contribution < -0.4 is 15.5 Å². The molecule has 2 N–H and O–H groups in total. The first-order chi connectivity index (χ1) is 11.7. The smallest absolute Gasteiger partial charge is 0.332 e. The van der Waals surface area contributed by atoms with Crippen LogP contribution in [0.15, 0.2) is 48.5 Å². The lowest BCUT2D eigenvalue weighted by Crippen LogP contribution is -2.23. The Kier molecular flexibility index (Phi) is 5.63. The van der Waals surface area contributed by atoms with Gasteiger partial charge in [-0.1, -0.05) is 12.1 Å². The normalized spacial score (nSPS) is 10.9. The second-order valence-electron chi connectivity index (χ2n) is 5.25. The van der Waals surface area contributed by atoms with Gasteiger partial charge in [0, 0.05) is 25.3 Å². The Morgan fingerprint density at radius 1 is 1.04 bits per heavy atom. The summed E-state index contributed by atoms with van der Waals surface area (Å²) in [6.07, 6.45) is -4.47. The summed E-state index contributed by atoms with van der Waals surface area (Å²) in [4.78, 5) is 12.8. The van der Waals surface area contributed by atoms with Gasteiger partial charge in [0.05, 0.1) is 11.3 Å². The van der Waals surface area contributed by atoms with Gasteiger partial charge in [0.15, 0.2) is 5.11 Å². The third kappa shape index (κ3) is 4.93. The molecule has 0 saturated carbocycles. The summed E-state index contributed by atoms with van der Waals surface area (Å²) < 4.78 is 38.9. The monoisotopic (exact) mass is 367 g/mol. The van der Waals surface area contributed by atoms with Gasteiger partial charge in [0.25, 0.3) is 0 Å². The number of carbonyl (C=O) groups excluding carboxylic acids is 1. The molecule has 0 spiro atoms. The van der Waals surface area contributed by atoms with Gasteiger partial charge in [0.2, 0.25) is 5.91 Å². The zero-order valence-corrected chi connectivity index (χ0v) is 14.3. The van der Waals surface area contributed by atoms with Crippen LogP contribution >= 0.6 is 12.2 Å². The summed E-state index contributed by atoms with van der Waals surface area (Å²) in [6, 6.07) is 11.9. The summed E-state index contributed by atoms with van der Waals surface area (Å²) in [6.45, 7) is 1.45. The minimum absolute atomic E-state index is 0.0318. The van der Waals surface area contributed by atoms with Gasteiger partial charge in [-0.2, -0.15) is 13.2 Å². The number of nitrogens with one attached hydrogen (secondary N) is 2. The number of thiocarbonyl (C=S) groups is 1. The molecule has 0 aliphatic rings. The molecule has 0 atom stereocenters. The molecule has 0 bridgehead atoms. The van der Waals surface area contributed by atoms with Crippen molar-refractivity contribution in [2.45, 2.75) is 13.1 Å². The topological polar surface area (TPSA) is 44.4 Å². The van der Waals surface area contributed by atoms with E-state index in [1.165, 1.54) is 30.0 Å². The number of carbonyl (C=O) groups is 1. The van der Waals surface area contributed by atoms with Crippen molar-refractivity contribution in [3.05, 3.63) is 54.1 Å². The number of para-hydroxylation sites is 1. The second kappa shape index (κ2) is 7.52. The molecule has 0 fully saturated rings. The van der Waals surface area contributed by atoms with Crippen LogP contribution in [0.4, 0.5) is 30.2 Å². The maximum absolute atomic E-state index is 13.0. The molecule has 0 aromatic heterocycles. The minimum Gasteiger partial charge on any atom is -0.332 e. The van der Waals surface area contributed by atoms with Crippen LogP contribution in [0.1, 0.15) is 12.5 Å². The first-order valence-electron chi connectivity index (χ1n) is 7.27. The molecule has 132 valence electrons. The van der Waals surface area contributed by atoms with Gasteiger partial charge >= 0.3 is 6.18 Å². The highest BCUT2D eigenvalue weighted by molar-refractivity contribution is 7.80. The van der Waals surface area contributed by atoms with Crippen LogP contribution in [0.3, 0.4) is 0 Å². The predicted molar refractivity (Wildman–Crippen MR) is 96.8 cm³/mol. The van der Waals surface area contributed by atoms with E-state index in [2.05, 4.69) is 10.6 Å². The summed E-state index contributed by atoms with van der Waals surface area (Å²) in [5.74, 6) is -0.110. The van der Waals surface area contributed by atoms with E-state index in [-0.39, 0.29) is 16.7 Å². The molecule has 0 heterocycles. The van der Waals surface area contributed by atoms with Crippen molar-refractivity contribution in [2.75, 3.05) is 22.6 Å². The number of anilines is 3. The number of hydrogen-bond donors (Lipinski definition) is 2. The number of rotatable bonds is 3. The van der Waals surface area contributed by atoms with Crippen LogP contribution in [0, 0.1) is 0 Å². The van der Waals surface area contributed by atoms with Crippen LogP contribution in [0.25, 0.3) is 0 Å². The average Bonchev–Trinajstić information content (AvgIpc) is 2.54. The molecule has 25 heavy (non-hydrogen) atoms. The number of halogens is 3. The van der Waals surface area contributed by atoms with Crippen molar-refractivity contribution in [1.29, 1.82) is 0 Å². The van der Waals surface area contributed by atoms with E-state index in [1.807, 2.05) is 0 Å². The van der Waals surface area contributed by atoms with E-state index in [0.29, 0.717) is 11.4 Å². The van der Waals surface area contributed by atoms with Crippen LogP contribution in [-0.2, 0) is 11.0 Å². The first-order valence-corrected chi connectivity index (χ1v) is 7.68. The van der Waals surface area contributed by atoms with Crippen molar-refractivity contribution in [3.63, 3.8) is 0 Å². The maximum atomic E-state index is 13.0. The standard InChI is InChI=1S/C17H16F3N3OS/c1-11(24)23(2)13-9-7-12(8-10-13)21-16(25)22-15-6-4-3-5-14(15)17(18,19)20/h3-10H,1-2H3,(H2,21,22,25). The van der Waals surface area contributed by atoms with E-state index < -0.39 is 11.7 Å². The maximum Gasteiger partial charge on any atom is 0.418 e. The second-order valence-corrected chi connectivity index (χ2v) is 5.66. The van der Waals surface area contributed by atoms with Crippen LogP contribution in [0.2, 0.25) is 0 Å². The number of amides is 1. The third-order valence-corrected chi connectivity index (χ3v) is 3.67. The lowest BCUT2D eigenvalue weighted by molar-refractivity contribution is -0.136. The number of benzene rings is 2. The van der Waals surface area contributed by atoms with Crippen LogP contribution in [0.5, 0.6) is 0 Å². The number of alkyl halides is 3. The van der Waals surface area contributed by atoms with Gasteiger partial charge in [-0.3, -0.25) is 4.79 Å². The Hall–Kier alpha value is -2.61. The van der Waals surface area contributed by atoms with E-state index in [4.69, 9.17) is 12.2 Å². The van der Waals surface area contributed by atoms with Gasteiger partial charge in [-0.15, -0.1) is 0 Å². The average molecular weight is 367 g/mol. The Morgan fingerprint density at radius 2 is 1.64 bits per heavy atom. The molecule has 0 aliphatic carbocycles. The fraction of sp³-hybridized carbons (Fsp3) is 0.176. The number of hydrogen-bond acceptors (Lipinski definition) is 2. The molecule has 2 aromatic rings.